The predicted octanol–water partition coefficient (Wildman–Crippen LogP) is 3.03. The highest BCUT2D eigenvalue weighted by Crippen LogP contribution is 2.16. The number of para-hydroxylation sites is 1. The van der Waals surface area contributed by atoms with Gasteiger partial charge in [0.2, 0.25) is 5.88 Å². The number of nitrogens with one attached hydrogen (secondary N) is 1. The van der Waals surface area contributed by atoms with Crippen molar-refractivity contribution < 1.29 is 14.6 Å². The lowest BCUT2D eigenvalue weighted by Gasteiger charge is -2.18. The number of hydrogen-bond acceptors (Lipinski definition) is 9. The monoisotopic (exact) mass is 412 g/mol. The quantitative estimate of drug-likeness (QED) is 0.513. The molecule has 1 aromatic carbocycles. The second-order valence-corrected chi connectivity index (χ2v) is 7.06. The van der Waals surface area contributed by atoms with Crippen molar-refractivity contribution in [3.63, 3.8) is 0 Å². The third-order valence-corrected chi connectivity index (χ3v) is 3.96. The highest BCUT2D eigenvalue weighted by molar-refractivity contribution is 5.42. The fourth-order valence-corrected chi connectivity index (χ4v) is 2.33. The maximum absolute atomic E-state index is 10.1. The third kappa shape index (κ3) is 8.51. The van der Waals surface area contributed by atoms with Crippen LogP contribution in [0.3, 0.4) is 0 Å². The van der Waals surface area contributed by atoms with Crippen molar-refractivity contribution in [2.45, 2.75) is 45.4 Å². The number of nitriles is 1. The van der Waals surface area contributed by atoms with Gasteiger partial charge in [-0.2, -0.15) is 10.4 Å². The summed E-state index contributed by atoms with van der Waals surface area (Å²) in [4.78, 5) is 0. The molecule has 0 bridgehead atoms. The van der Waals surface area contributed by atoms with E-state index in [2.05, 4.69) is 31.8 Å². The van der Waals surface area contributed by atoms with Crippen LogP contribution in [0.1, 0.15) is 32.8 Å². The van der Waals surface area contributed by atoms with Crippen LogP contribution in [-0.4, -0.2) is 53.3 Å². The number of ether oxygens (including phenoxy) is 2. The number of nitrogens with zero attached hydrogens (tertiary/aromatic N) is 5. The lowest BCUT2D eigenvalue weighted by Crippen LogP contribution is -2.37. The summed E-state index contributed by atoms with van der Waals surface area (Å²) in [6.45, 7) is 6.80. The molecule has 0 saturated heterocycles. The van der Waals surface area contributed by atoms with E-state index in [1.54, 1.807) is 36.4 Å². The maximum Gasteiger partial charge on any atom is 0.233 e. The average Bonchev–Trinajstić information content (AvgIpc) is 2.75. The van der Waals surface area contributed by atoms with Gasteiger partial charge in [0, 0.05) is 18.7 Å². The van der Waals surface area contributed by atoms with Crippen molar-refractivity contribution in [3.05, 3.63) is 42.0 Å². The van der Waals surface area contributed by atoms with Gasteiger partial charge < -0.3 is 19.9 Å². The van der Waals surface area contributed by atoms with Crippen LogP contribution in [0.5, 0.6) is 11.6 Å². The van der Waals surface area contributed by atoms with Crippen molar-refractivity contribution in [3.8, 4) is 17.7 Å². The second-order valence-electron chi connectivity index (χ2n) is 7.06. The summed E-state index contributed by atoms with van der Waals surface area (Å²) in [6, 6.07) is 12.7. The summed E-state index contributed by atoms with van der Waals surface area (Å²) in [5.74, 6) is 1.34. The molecule has 2 aromatic rings. The van der Waals surface area contributed by atoms with Crippen LogP contribution in [0.15, 0.2) is 46.6 Å². The number of azo groups is 1. The Morgan fingerprint density at radius 3 is 2.63 bits per heavy atom. The summed E-state index contributed by atoms with van der Waals surface area (Å²) in [5, 5.41) is 38.3. The molecule has 2 N–H and O–H groups in total. The minimum atomic E-state index is -0.696. The molecule has 2 unspecified atom stereocenters. The van der Waals surface area contributed by atoms with E-state index in [1.807, 2.05) is 20.8 Å². The van der Waals surface area contributed by atoms with Crippen LogP contribution < -0.4 is 14.8 Å². The van der Waals surface area contributed by atoms with Crippen LogP contribution in [0.2, 0.25) is 0 Å². The van der Waals surface area contributed by atoms with Crippen molar-refractivity contribution >= 4 is 5.82 Å². The molecule has 160 valence electrons. The highest BCUT2D eigenvalue weighted by atomic mass is 16.5. The van der Waals surface area contributed by atoms with E-state index < -0.39 is 6.10 Å². The first-order valence-electron chi connectivity index (χ1n) is 9.88. The zero-order valence-corrected chi connectivity index (χ0v) is 17.5. The molecule has 0 radical (unpaired) electrons. The van der Waals surface area contributed by atoms with Crippen molar-refractivity contribution in [1.82, 2.24) is 15.5 Å². The minimum Gasteiger partial charge on any atom is -0.489 e. The Bertz CT molecular complexity index is 835. The smallest absolute Gasteiger partial charge is 0.233 e. The van der Waals surface area contributed by atoms with Crippen LogP contribution in [-0.2, 0) is 0 Å². The van der Waals surface area contributed by atoms with Gasteiger partial charge in [-0.1, -0.05) is 12.1 Å². The third-order valence-electron chi connectivity index (χ3n) is 3.96. The van der Waals surface area contributed by atoms with Gasteiger partial charge in [-0.3, -0.25) is 0 Å². The summed E-state index contributed by atoms with van der Waals surface area (Å²) in [7, 11) is 0. The Morgan fingerprint density at radius 1 is 1.13 bits per heavy atom. The van der Waals surface area contributed by atoms with Crippen molar-refractivity contribution in [1.29, 1.82) is 5.26 Å². The molecular weight excluding hydrogens is 384 g/mol. The first-order valence-corrected chi connectivity index (χ1v) is 9.88. The van der Waals surface area contributed by atoms with E-state index in [0.29, 0.717) is 36.2 Å². The van der Waals surface area contributed by atoms with E-state index in [4.69, 9.17) is 14.7 Å². The number of aliphatic hydroxyl groups is 1. The normalized spacial score (nSPS) is 13.2. The molecule has 0 saturated carbocycles. The number of aromatic nitrogens is 2. The summed E-state index contributed by atoms with van der Waals surface area (Å²) < 4.78 is 11.1. The Hall–Kier alpha value is -3.09. The van der Waals surface area contributed by atoms with E-state index >= 15 is 0 Å². The first kappa shape index (κ1) is 23.2. The molecule has 0 aliphatic rings. The highest BCUT2D eigenvalue weighted by Gasteiger charge is 2.10. The standard InChI is InChI=1S/C21H28N6O3/c1-15(2)24-25-20-8-9-21(27-26-20)29-11-10-16(3)23-13-18(28)14-30-19-7-5-4-6-17(19)12-22/h4-9,15-16,18,23,28H,10-11,13-14H2,1-3H3. The van der Waals surface area contributed by atoms with Gasteiger partial charge >= 0.3 is 0 Å². The molecule has 30 heavy (non-hydrogen) atoms. The van der Waals surface area contributed by atoms with Crippen molar-refractivity contribution in [2.75, 3.05) is 19.8 Å². The van der Waals surface area contributed by atoms with Gasteiger partial charge in [0.1, 0.15) is 24.5 Å². The van der Waals surface area contributed by atoms with Crippen LogP contribution >= 0.6 is 0 Å². The molecule has 1 heterocycles. The molecule has 0 amide bonds. The molecule has 2 rings (SSSR count). The number of aliphatic hydroxyl groups excluding tert-OH is 1. The van der Waals surface area contributed by atoms with Crippen LogP contribution in [0, 0.1) is 11.3 Å². The van der Waals surface area contributed by atoms with Crippen LogP contribution in [0.25, 0.3) is 0 Å². The second kappa shape index (κ2) is 12.5. The van der Waals surface area contributed by atoms with Crippen LogP contribution in [0.4, 0.5) is 5.82 Å². The molecule has 1 aromatic heterocycles. The Balaban J connectivity index is 1.63. The van der Waals surface area contributed by atoms with Gasteiger partial charge in [0.15, 0.2) is 5.82 Å². The Morgan fingerprint density at radius 2 is 1.93 bits per heavy atom. The topological polar surface area (TPSA) is 125 Å². The van der Waals surface area contributed by atoms with E-state index in [-0.39, 0.29) is 18.7 Å². The first-order chi connectivity index (χ1) is 14.5. The maximum atomic E-state index is 10.1. The fourth-order valence-electron chi connectivity index (χ4n) is 2.33. The zero-order valence-electron chi connectivity index (χ0n) is 17.5. The summed E-state index contributed by atoms with van der Waals surface area (Å²) in [5.41, 5.74) is 0.447. The Labute approximate surface area is 176 Å². The fraction of sp³-hybridized carbons (Fsp3) is 0.476. The van der Waals surface area contributed by atoms with E-state index in [1.165, 1.54) is 0 Å². The van der Waals surface area contributed by atoms with E-state index in [9.17, 15) is 5.11 Å². The average molecular weight is 412 g/mol. The zero-order chi connectivity index (χ0) is 21.8. The Kier molecular flexibility index (Phi) is 9.64. The molecule has 0 spiro atoms. The number of hydrogen-bond donors (Lipinski definition) is 2. The van der Waals surface area contributed by atoms with Gasteiger partial charge in [-0.25, -0.2) is 0 Å². The number of benzene rings is 1. The largest absolute Gasteiger partial charge is 0.489 e. The van der Waals surface area contributed by atoms with E-state index in [0.717, 1.165) is 6.42 Å². The van der Waals surface area contributed by atoms with Gasteiger partial charge in [0.05, 0.1) is 18.2 Å². The molecule has 2 atom stereocenters. The SMILES string of the molecule is CC(C)N=Nc1ccc(OCCC(C)NCC(O)COc2ccccc2C#N)nn1. The van der Waals surface area contributed by atoms with Crippen molar-refractivity contribution in [2.24, 2.45) is 10.2 Å². The molecule has 0 aliphatic heterocycles. The predicted molar refractivity (Wildman–Crippen MR) is 112 cm³/mol. The molecular formula is C21H28N6O3. The van der Waals surface area contributed by atoms with Gasteiger partial charge in [-0.15, -0.1) is 15.3 Å². The van der Waals surface area contributed by atoms with Gasteiger partial charge in [0.25, 0.3) is 0 Å². The molecule has 9 heteroatoms. The minimum absolute atomic E-state index is 0.102. The lowest BCUT2D eigenvalue weighted by molar-refractivity contribution is 0.103. The lowest BCUT2D eigenvalue weighted by atomic mass is 10.2. The van der Waals surface area contributed by atoms with Gasteiger partial charge in [-0.05, 0) is 45.4 Å². The number of rotatable bonds is 12. The summed E-state index contributed by atoms with van der Waals surface area (Å²) in [6.07, 6.45) is 0.0277. The molecule has 0 fully saturated rings. The molecule has 0 aliphatic carbocycles. The summed E-state index contributed by atoms with van der Waals surface area (Å²) >= 11 is 0. The molecule has 9 nitrogen and oxygen atoms in total.